The lowest BCUT2D eigenvalue weighted by atomic mass is 10.1. The molecule has 0 atom stereocenters. The Morgan fingerprint density at radius 2 is 1.96 bits per heavy atom. The van der Waals surface area contributed by atoms with E-state index in [9.17, 15) is 4.79 Å². The van der Waals surface area contributed by atoms with Crippen LogP contribution in [0.1, 0.15) is 35.2 Å². The molecule has 2 heterocycles. The Bertz CT molecular complexity index is 778. The lowest BCUT2D eigenvalue weighted by Gasteiger charge is -2.26. The van der Waals surface area contributed by atoms with Crippen LogP contribution in [0.2, 0.25) is 5.15 Å². The number of nitrogens with zero attached hydrogens (tertiary/aromatic N) is 4. The molecule has 1 aliphatic rings. The minimum atomic E-state index is 0.130. The Morgan fingerprint density at radius 1 is 1.19 bits per heavy atom. The summed E-state index contributed by atoms with van der Waals surface area (Å²) in [7, 11) is 3.84. The van der Waals surface area contributed by atoms with E-state index in [1.165, 1.54) is 18.2 Å². The van der Waals surface area contributed by atoms with E-state index in [1.54, 1.807) is 6.07 Å². The zero-order valence-corrected chi connectivity index (χ0v) is 16.7. The van der Waals surface area contributed by atoms with E-state index in [0.717, 1.165) is 42.9 Å². The monoisotopic (exact) mass is 390 g/mol. The van der Waals surface area contributed by atoms with Gasteiger partial charge in [-0.15, -0.1) is 0 Å². The molecule has 138 valence electrons. The van der Waals surface area contributed by atoms with E-state index in [0.29, 0.717) is 16.1 Å². The second kappa shape index (κ2) is 8.73. The summed E-state index contributed by atoms with van der Waals surface area (Å²) in [4.78, 5) is 25.3. The third-order valence-corrected chi connectivity index (χ3v) is 5.42. The van der Waals surface area contributed by atoms with Crippen molar-refractivity contribution < 1.29 is 4.79 Å². The highest BCUT2D eigenvalue weighted by molar-refractivity contribution is 7.98. The Kier molecular flexibility index (Phi) is 6.38. The number of thioether (sulfide) groups is 1. The molecular weight excluding hydrogens is 368 g/mol. The van der Waals surface area contributed by atoms with Crippen molar-refractivity contribution >= 4 is 35.1 Å². The first-order valence-corrected chi connectivity index (χ1v) is 10.1. The van der Waals surface area contributed by atoms with Crippen LogP contribution in [-0.4, -0.2) is 48.0 Å². The van der Waals surface area contributed by atoms with E-state index >= 15 is 0 Å². The third kappa shape index (κ3) is 4.89. The molecule has 7 heteroatoms. The van der Waals surface area contributed by atoms with Gasteiger partial charge in [0.1, 0.15) is 11.0 Å². The van der Waals surface area contributed by atoms with Gasteiger partial charge in [-0.1, -0.05) is 35.5 Å². The molecule has 0 radical (unpaired) electrons. The zero-order chi connectivity index (χ0) is 18.5. The topological polar surface area (TPSA) is 49.3 Å². The molecule has 0 spiro atoms. The highest BCUT2D eigenvalue weighted by Gasteiger charge is 2.18. The molecule has 3 rings (SSSR count). The van der Waals surface area contributed by atoms with E-state index in [2.05, 4.69) is 9.97 Å². The maximum atomic E-state index is 12.7. The van der Waals surface area contributed by atoms with Gasteiger partial charge in [0.05, 0.1) is 0 Å². The number of benzene rings is 1. The first-order chi connectivity index (χ1) is 12.5. The van der Waals surface area contributed by atoms with E-state index in [4.69, 9.17) is 11.6 Å². The zero-order valence-electron chi connectivity index (χ0n) is 15.1. The number of carbonyl (C=O) groups is 1. The number of piperidine rings is 1. The minimum absolute atomic E-state index is 0.130. The molecular formula is C19H23ClN4OS. The molecule has 0 unspecified atom stereocenters. The minimum Gasteiger partial charge on any atom is -0.363 e. The number of anilines is 1. The molecule has 0 saturated carbocycles. The summed E-state index contributed by atoms with van der Waals surface area (Å²) in [6, 6.07) is 9.57. The van der Waals surface area contributed by atoms with Crippen LogP contribution in [0.4, 0.5) is 5.82 Å². The molecule has 1 saturated heterocycles. The molecule has 1 amide bonds. The van der Waals surface area contributed by atoms with Crippen LogP contribution in [0, 0.1) is 0 Å². The number of rotatable bonds is 5. The standard InChI is InChI=1S/C19H23ClN4OS/c1-23(2)17-12-16(20)21-19(22-17)26-13-14-7-6-8-15(11-14)18(25)24-9-4-3-5-10-24/h6-8,11-12H,3-5,9-10,13H2,1-2H3. The van der Waals surface area contributed by atoms with Crippen molar-refractivity contribution in [2.75, 3.05) is 32.1 Å². The second-order valence-corrected chi connectivity index (χ2v) is 7.90. The SMILES string of the molecule is CN(C)c1cc(Cl)nc(SCc2cccc(C(=O)N3CCCCC3)c2)n1. The molecule has 2 aromatic rings. The largest absolute Gasteiger partial charge is 0.363 e. The van der Waals surface area contributed by atoms with Gasteiger partial charge in [-0.05, 0) is 37.0 Å². The fourth-order valence-electron chi connectivity index (χ4n) is 2.90. The highest BCUT2D eigenvalue weighted by Crippen LogP contribution is 2.24. The normalized spacial score (nSPS) is 14.3. The number of likely N-dealkylation sites (tertiary alicyclic amines) is 1. The van der Waals surface area contributed by atoms with Gasteiger partial charge in [0.2, 0.25) is 0 Å². The summed E-state index contributed by atoms with van der Waals surface area (Å²) in [6.45, 7) is 1.73. The number of amides is 1. The van der Waals surface area contributed by atoms with Crippen molar-refractivity contribution in [1.82, 2.24) is 14.9 Å². The van der Waals surface area contributed by atoms with Gasteiger partial charge < -0.3 is 9.80 Å². The number of halogens is 1. The number of hydrogen-bond donors (Lipinski definition) is 0. The van der Waals surface area contributed by atoms with Crippen LogP contribution in [-0.2, 0) is 5.75 Å². The van der Waals surface area contributed by atoms with E-state index < -0.39 is 0 Å². The van der Waals surface area contributed by atoms with Crippen molar-refractivity contribution in [3.05, 3.63) is 46.6 Å². The van der Waals surface area contributed by atoms with Crippen molar-refractivity contribution in [3.63, 3.8) is 0 Å². The van der Waals surface area contributed by atoms with Gasteiger partial charge in [0.15, 0.2) is 5.16 Å². The highest BCUT2D eigenvalue weighted by atomic mass is 35.5. The Balaban J connectivity index is 1.68. The fourth-order valence-corrected chi connectivity index (χ4v) is 3.92. The van der Waals surface area contributed by atoms with Crippen LogP contribution in [0.25, 0.3) is 0 Å². The quantitative estimate of drug-likeness (QED) is 0.436. The molecule has 1 aromatic carbocycles. The van der Waals surface area contributed by atoms with Gasteiger partial charge in [0, 0.05) is 44.6 Å². The van der Waals surface area contributed by atoms with Crippen LogP contribution in [0.5, 0.6) is 0 Å². The predicted octanol–water partition coefficient (Wildman–Crippen LogP) is 4.11. The van der Waals surface area contributed by atoms with Gasteiger partial charge in [-0.2, -0.15) is 0 Å². The molecule has 26 heavy (non-hydrogen) atoms. The second-order valence-electron chi connectivity index (χ2n) is 6.57. The lowest BCUT2D eigenvalue weighted by Crippen LogP contribution is -2.35. The first kappa shape index (κ1) is 19.0. The molecule has 5 nitrogen and oxygen atoms in total. The summed E-state index contributed by atoms with van der Waals surface area (Å²) in [5.41, 5.74) is 1.83. The Hall–Kier alpha value is -1.79. The maximum Gasteiger partial charge on any atom is 0.253 e. The van der Waals surface area contributed by atoms with Crippen molar-refractivity contribution in [1.29, 1.82) is 0 Å². The van der Waals surface area contributed by atoms with Gasteiger partial charge in [-0.25, -0.2) is 9.97 Å². The van der Waals surface area contributed by atoms with Crippen LogP contribution in [0.3, 0.4) is 0 Å². The fraction of sp³-hybridized carbons (Fsp3) is 0.421. The summed E-state index contributed by atoms with van der Waals surface area (Å²) >= 11 is 7.60. The van der Waals surface area contributed by atoms with Crippen molar-refractivity contribution in [3.8, 4) is 0 Å². The molecule has 0 aliphatic carbocycles. The molecule has 1 fully saturated rings. The molecule has 1 aliphatic heterocycles. The summed E-state index contributed by atoms with van der Waals surface area (Å²) in [5, 5.41) is 1.06. The number of carbonyl (C=O) groups excluding carboxylic acids is 1. The predicted molar refractivity (Wildman–Crippen MR) is 107 cm³/mol. The van der Waals surface area contributed by atoms with E-state index in [1.807, 2.05) is 48.2 Å². The Labute approximate surface area is 163 Å². The van der Waals surface area contributed by atoms with E-state index in [-0.39, 0.29) is 5.91 Å². The average Bonchev–Trinajstić information content (AvgIpc) is 2.66. The van der Waals surface area contributed by atoms with Gasteiger partial charge in [0.25, 0.3) is 5.91 Å². The number of hydrogen-bond acceptors (Lipinski definition) is 5. The van der Waals surface area contributed by atoms with Crippen LogP contribution < -0.4 is 4.90 Å². The smallest absolute Gasteiger partial charge is 0.253 e. The van der Waals surface area contributed by atoms with Gasteiger partial charge >= 0.3 is 0 Å². The van der Waals surface area contributed by atoms with Crippen molar-refractivity contribution in [2.45, 2.75) is 30.2 Å². The molecule has 0 bridgehead atoms. The van der Waals surface area contributed by atoms with Gasteiger partial charge in [-0.3, -0.25) is 4.79 Å². The maximum absolute atomic E-state index is 12.7. The first-order valence-electron chi connectivity index (χ1n) is 8.76. The average molecular weight is 391 g/mol. The lowest BCUT2D eigenvalue weighted by molar-refractivity contribution is 0.0724. The number of aromatic nitrogens is 2. The summed E-state index contributed by atoms with van der Waals surface area (Å²) in [6.07, 6.45) is 3.41. The summed E-state index contributed by atoms with van der Waals surface area (Å²) < 4.78 is 0. The van der Waals surface area contributed by atoms with Crippen LogP contribution >= 0.6 is 23.4 Å². The molecule has 0 N–H and O–H groups in total. The van der Waals surface area contributed by atoms with Crippen molar-refractivity contribution in [2.24, 2.45) is 0 Å². The summed E-state index contributed by atoms with van der Waals surface area (Å²) in [5.74, 6) is 1.60. The Morgan fingerprint density at radius 3 is 2.69 bits per heavy atom. The molecule has 1 aromatic heterocycles. The van der Waals surface area contributed by atoms with Crippen LogP contribution in [0.15, 0.2) is 35.5 Å². The third-order valence-electron chi connectivity index (χ3n) is 4.30.